The Bertz CT molecular complexity index is 514. The number of anilines is 1. The van der Waals surface area contributed by atoms with Crippen LogP contribution in [0.1, 0.15) is 33.4 Å². The van der Waals surface area contributed by atoms with E-state index >= 15 is 0 Å². The van der Waals surface area contributed by atoms with Crippen molar-refractivity contribution in [3.63, 3.8) is 0 Å². The van der Waals surface area contributed by atoms with E-state index in [9.17, 15) is 0 Å². The summed E-state index contributed by atoms with van der Waals surface area (Å²) in [5.74, 6) is 0.712. The maximum absolute atomic E-state index is 5.69. The Balaban J connectivity index is 0.000000371. The zero-order valence-electron chi connectivity index (χ0n) is 11.9. The summed E-state index contributed by atoms with van der Waals surface area (Å²) in [4.78, 5) is 6.42. The second kappa shape index (κ2) is 6.15. The quantitative estimate of drug-likeness (QED) is 0.533. The molecule has 0 radical (unpaired) electrons. The van der Waals surface area contributed by atoms with Gasteiger partial charge in [0.25, 0.3) is 0 Å². The Morgan fingerprint density at radius 2 is 1.33 bits per heavy atom. The molecule has 0 fully saturated rings. The van der Waals surface area contributed by atoms with Crippen molar-refractivity contribution in [2.24, 2.45) is 0 Å². The number of rotatable bonds is 0. The Morgan fingerprint density at radius 1 is 0.778 bits per heavy atom. The van der Waals surface area contributed by atoms with Gasteiger partial charge in [-0.1, -0.05) is 27.7 Å². The highest BCUT2D eigenvalue weighted by molar-refractivity contribution is 5.97. The third-order valence-electron chi connectivity index (χ3n) is 2.52. The van der Waals surface area contributed by atoms with Crippen LogP contribution in [0, 0.1) is 6.92 Å². The summed E-state index contributed by atoms with van der Waals surface area (Å²) >= 11 is 0. The highest BCUT2D eigenvalue weighted by Crippen LogP contribution is 2.24. The van der Waals surface area contributed by atoms with Crippen molar-refractivity contribution in [3.8, 4) is 0 Å². The summed E-state index contributed by atoms with van der Waals surface area (Å²) < 4.78 is 0. The van der Waals surface area contributed by atoms with E-state index in [1.165, 1.54) is 11.1 Å². The number of hydrogen-bond acceptors (Lipinski definition) is 1. The number of benzene rings is 1. The van der Waals surface area contributed by atoms with Crippen LogP contribution in [0.15, 0.2) is 24.3 Å². The zero-order valence-corrected chi connectivity index (χ0v) is 11.9. The minimum atomic E-state index is 0.712. The lowest BCUT2D eigenvalue weighted by Crippen LogP contribution is -1.80. The summed E-state index contributed by atoms with van der Waals surface area (Å²) in [6.07, 6.45) is 0. The van der Waals surface area contributed by atoms with Gasteiger partial charge in [0.2, 0.25) is 0 Å². The fourth-order valence-electron chi connectivity index (χ4n) is 1.93. The molecule has 3 aromatic rings. The fourth-order valence-corrected chi connectivity index (χ4v) is 1.93. The number of aromatic nitrogens is 2. The molecule has 1 aromatic carbocycles. The van der Waals surface area contributed by atoms with Crippen LogP contribution in [0.25, 0.3) is 21.8 Å². The molecule has 3 nitrogen and oxygen atoms in total. The van der Waals surface area contributed by atoms with E-state index in [1.54, 1.807) is 0 Å². The van der Waals surface area contributed by atoms with Gasteiger partial charge in [-0.15, -0.1) is 0 Å². The Kier molecular flexibility index (Phi) is 4.84. The standard InChI is InChI=1S/C11H11N3.2C2H6/c1-6-2-7-3-8-4-11(12)14-10(8)5-9(7)13-6;2*1-2/h2-5,13-14H,12H2,1H3;2*1-2H3. The molecule has 0 aliphatic carbocycles. The number of nitrogen functional groups attached to an aromatic ring is 1. The van der Waals surface area contributed by atoms with Crippen molar-refractivity contribution in [2.45, 2.75) is 34.6 Å². The van der Waals surface area contributed by atoms with Crippen LogP contribution < -0.4 is 5.73 Å². The Hall–Kier alpha value is -1.90. The molecule has 0 spiro atoms. The van der Waals surface area contributed by atoms with Gasteiger partial charge in [0.05, 0.1) is 0 Å². The molecule has 0 aliphatic heterocycles. The molecule has 2 heterocycles. The number of aryl methyl sites for hydroxylation is 1. The molecule has 0 saturated heterocycles. The summed E-state index contributed by atoms with van der Waals surface area (Å²) in [6.45, 7) is 10.1. The topological polar surface area (TPSA) is 57.6 Å². The van der Waals surface area contributed by atoms with Crippen LogP contribution in [0.5, 0.6) is 0 Å². The molecule has 98 valence electrons. The first-order chi connectivity index (χ1) is 8.72. The van der Waals surface area contributed by atoms with Crippen molar-refractivity contribution >= 4 is 27.6 Å². The van der Waals surface area contributed by atoms with Gasteiger partial charge >= 0.3 is 0 Å². The molecule has 18 heavy (non-hydrogen) atoms. The molecule has 4 N–H and O–H groups in total. The van der Waals surface area contributed by atoms with Crippen molar-refractivity contribution < 1.29 is 0 Å². The lowest BCUT2D eigenvalue weighted by Gasteiger charge is -1.90. The van der Waals surface area contributed by atoms with Crippen molar-refractivity contribution in [1.29, 1.82) is 0 Å². The van der Waals surface area contributed by atoms with Gasteiger partial charge in [0, 0.05) is 27.5 Å². The number of aromatic amines is 2. The number of nitrogens with two attached hydrogens (primary N) is 1. The zero-order chi connectivity index (χ0) is 13.7. The van der Waals surface area contributed by atoms with E-state index in [2.05, 4.69) is 35.1 Å². The average molecular weight is 245 g/mol. The molecule has 3 heteroatoms. The molecular weight excluding hydrogens is 222 g/mol. The lowest BCUT2D eigenvalue weighted by atomic mass is 10.2. The van der Waals surface area contributed by atoms with E-state index in [1.807, 2.05) is 33.8 Å². The minimum Gasteiger partial charge on any atom is -0.385 e. The van der Waals surface area contributed by atoms with E-state index in [4.69, 9.17) is 5.73 Å². The first kappa shape index (κ1) is 14.2. The van der Waals surface area contributed by atoms with Gasteiger partial charge < -0.3 is 15.7 Å². The number of fused-ring (bicyclic) bond motifs is 2. The van der Waals surface area contributed by atoms with Crippen molar-refractivity contribution in [2.75, 3.05) is 5.73 Å². The number of nitrogens with one attached hydrogen (secondary N) is 2. The monoisotopic (exact) mass is 245 g/mol. The Labute approximate surface area is 108 Å². The van der Waals surface area contributed by atoms with Crippen LogP contribution >= 0.6 is 0 Å². The molecule has 0 atom stereocenters. The summed E-state index contributed by atoms with van der Waals surface area (Å²) in [6, 6.07) is 8.32. The van der Waals surface area contributed by atoms with Crippen LogP contribution in [-0.4, -0.2) is 9.97 Å². The molecular formula is C15H23N3. The Morgan fingerprint density at radius 3 is 2.00 bits per heavy atom. The number of hydrogen-bond donors (Lipinski definition) is 3. The van der Waals surface area contributed by atoms with E-state index < -0.39 is 0 Å². The first-order valence-electron chi connectivity index (χ1n) is 6.60. The van der Waals surface area contributed by atoms with Crippen LogP contribution in [0.2, 0.25) is 0 Å². The summed E-state index contributed by atoms with van der Waals surface area (Å²) in [7, 11) is 0. The summed E-state index contributed by atoms with van der Waals surface area (Å²) in [5, 5.41) is 2.39. The van der Waals surface area contributed by atoms with E-state index in [-0.39, 0.29) is 0 Å². The van der Waals surface area contributed by atoms with Crippen molar-refractivity contribution in [1.82, 2.24) is 9.97 Å². The molecule has 0 saturated carbocycles. The highest BCUT2D eigenvalue weighted by atomic mass is 14.8. The molecule has 2 aromatic heterocycles. The van der Waals surface area contributed by atoms with Gasteiger partial charge in [-0.05, 0) is 31.2 Å². The van der Waals surface area contributed by atoms with Gasteiger partial charge in [0.15, 0.2) is 0 Å². The molecule has 0 aliphatic rings. The maximum atomic E-state index is 5.69. The SMILES string of the molecule is CC.CC.Cc1cc2cc3cc(N)[nH]c3cc2[nH]1. The van der Waals surface area contributed by atoms with Gasteiger partial charge in [-0.25, -0.2) is 0 Å². The lowest BCUT2D eigenvalue weighted by molar-refractivity contribution is 1.30. The van der Waals surface area contributed by atoms with Crippen molar-refractivity contribution in [3.05, 3.63) is 30.0 Å². The molecule has 0 unspecified atom stereocenters. The van der Waals surface area contributed by atoms with Gasteiger partial charge in [-0.3, -0.25) is 0 Å². The number of H-pyrrole nitrogens is 2. The van der Waals surface area contributed by atoms with Gasteiger partial charge in [0.1, 0.15) is 5.82 Å². The van der Waals surface area contributed by atoms with Gasteiger partial charge in [-0.2, -0.15) is 0 Å². The van der Waals surface area contributed by atoms with Crippen LogP contribution in [0.3, 0.4) is 0 Å². The second-order valence-corrected chi connectivity index (χ2v) is 3.70. The maximum Gasteiger partial charge on any atom is 0.101 e. The predicted molar refractivity (Wildman–Crippen MR) is 82.0 cm³/mol. The largest absolute Gasteiger partial charge is 0.385 e. The molecule has 0 amide bonds. The molecule has 3 rings (SSSR count). The van der Waals surface area contributed by atoms with E-state index in [0.717, 1.165) is 16.4 Å². The highest BCUT2D eigenvalue weighted by Gasteiger charge is 2.02. The molecule has 0 bridgehead atoms. The third-order valence-corrected chi connectivity index (χ3v) is 2.52. The average Bonchev–Trinajstić information content (AvgIpc) is 2.90. The first-order valence-corrected chi connectivity index (χ1v) is 6.60. The normalized spacial score (nSPS) is 9.61. The van der Waals surface area contributed by atoms with E-state index in [0.29, 0.717) is 5.82 Å². The second-order valence-electron chi connectivity index (χ2n) is 3.70. The minimum absolute atomic E-state index is 0.712. The smallest absolute Gasteiger partial charge is 0.101 e. The van der Waals surface area contributed by atoms with Crippen LogP contribution in [-0.2, 0) is 0 Å². The fraction of sp³-hybridized carbons (Fsp3) is 0.333. The third kappa shape index (κ3) is 2.67. The predicted octanol–water partition coefficient (Wildman–Crippen LogP) is 4.59. The summed E-state index contributed by atoms with van der Waals surface area (Å²) in [5.41, 5.74) is 9.10. The van der Waals surface area contributed by atoms with Crippen LogP contribution in [0.4, 0.5) is 5.82 Å².